The molecule has 0 aliphatic carbocycles. The Morgan fingerprint density at radius 2 is 1.65 bits per heavy atom. The van der Waals surface area contributed by atoms with Crippen LogP contribution in [0.25, 0.3) is 0 Å². The number of nitrogens with two attached hydrogens (primary N) is 1. The topological polar surface area (TPSA) is 80.9 Å². The zero-order valence-corrected chi connectivity index (χ0v) is 9.98. The number of nitrogens with one attached hydrogen (secondary N) is 1. The van der Waals surface area contributed by atoms with Gasteiger partial charge < -0.3 is 11.1 Å². The van der Waals surface area contributed by atoms with Gasteiger partial charge in [0.2, 0.25) is 5.91 Å². The molecule has 0 aromatic carbocycles. The quantitative estimate of drug-likeness (QED) is 0.905. The van der Waals surface area contributed by atoms with E-state index < -0.39 is 17.6 Å². The van der Waals surface area contributed by atoms with Gasteiger partial charge >= 0.3 is 6.18 Å². The predicted molar refractivity (Wildman–Crippen MR) is 65.3 cm³/mol. The number of carbonyl (C=O) groups is 1. The van der Waals surface area contributed by atoms with Crippen LogP contribution in [0.5, 0.6) is 0 Å². The Kier molecular flexibility index (Phi) is 3.55. The lowest BCUT2D eigenvalue weighted by Gasteiger charge is -2.08. The third-order valence-electron chi connectivity index (χ3n) is 2.39. The lowest BCUT2D eigenvalue weighted by Crippen LogP contribution is -2.11. The third kappa shape index (κ3) is 3.22. The van der Waals surface area contributed by atoms with E-state index in [4.69, 9.17) is 5.73 Å². The number of carbonyl (C=O) groups excluding carboxylic acids is 1. The van der Waals surface area contributed by atoms with Gasteiger partial charge in [0.1, 0.15) is 11.6 Å². The van der Waals surface area contributed by atoms with Crippen LogP contribution in [0.4, 0.5) is 24.8 Å². The highest BCUT2D eigenvalue weighted by molar-refractivity contribution is 5.92. The summed E-state index contributed by atoms with van der Waals surface area (Å²) in [7, 11) is 0. The highest BCUT2D eigenvalue weighted by Crippen LogP contribution is 2.29. The summed E-state index contributed by atoms with van der Waals surface area (Å²) in [5.41, 5.74) is 4.45. The van der Waals surface area contributed by atoms with Gasteiger partial charge in [0.25, 0.3) is 0 Å². The number of anilines is 2. The molecule has 0 aliphatic rings. The standard InChI is InChI=1S/C12H9F3N4O/c13-12(14,15)8-2-4-10(18-6-8)19-9-3-1-7(5-17-9)11(16)20/h1-6H,(H2,16,20)(H,17,18,19). The Balaban J connectivity index is 2.12. The molecule has 104 valence electrons. The van der Waals surface area contributed by atoms with Crippen molar-refractivity contribution in [3.8, 4) is 0 Å². The van der Waals surface area contributed by atoms with E-state index in [2.05, 4.69) is 15.3 Å². The number of alkyl halides is 3. The van der Waals surface area contributed by atoms with E-state index in [1.165, 1.54) is 24.4 Å². The van der Waals surface area contributed by atoms with Crippen LogP contribution < -0.4 is 11.1 Å². The second kappa shape index (κ2) is 5.16. The summed E-state index contributed by atoms with van der Waals surface area (Å²) in [6.45, 7) is 0. The van der Waals surface area contributed by atoms with Crippen molar-refractivity contribution in [3.05, 3.63) is 47.8 Å². The number of aromatic nitrogens is 2. The number of rotatable bonds is 3. The third-order valence-corrected chi connectivity index (χ3v) is 2.39. The maximum Gasteiger partial charge on any atom is 0.417 e. The lowest BCUT2D eigenvalue weighted by atomic mass is 10.2. The normalized spacial score (nSPS) is 11.2. The Morgan fingerprint density at radius 3 is 2.05 bits per heavy atom. The first-order valence-corrected chi connectivity index (χ1v) is 5.42. The Hall–Kier alpha value is -2.64. The summed E-state index contributed by atoms with van der Waals surface area (Å²) in [4.78, 5) is 18.4. The molecule has 0 atom stereocenters. The molecule has 0 aliphatic heterocycles. The molecule has 5 nitrogen and oxygen atoms in total. The minimum Gasteiger partial charge on any atom is -0.366 e. The number of hydrogen-bond donors (Lipinski definition) is 2. The first-order valence-electron chi connectivity index (χ1n) is 5.42. The first kappa shape index (κ1) is 13.8. The predicted octanol–water partition coefficient (Wildman–Crippen LogP) is 2.34. The lowest BCUT2D eigenvalue weighted by molar-refractivity contribution is -0.137. The fourth-order valence-corrected chi connectivity index (χ4v) is 1.38. The van der Waals surface area contributed by atoms with Crippen molar-refractivity contribution in [3.63, 3.8) is 0 Å². The van der Waals surface area contributed by atoms with Gasteiger partial charge in [0.05, 0.1) is 11.1 Å². The van der Waals surface area contributed by atoms with E-state index in [0.29, 0.717) is 5.82 Å². The van der Waals surface area contributed by atoms with Gasteiger partial charge in [-0.2, -0.15) is 13.2 Å². The summed E-state index contributed by atoms with van der Waals surface area (Å²) in [5, 5.41) is 2.71. The molecule has 1 amide bonds. The second-order valence-corrected chi connectivity index (χ2v) is 3.85. The fraction of sp³-hybridized carbons (Fsp3) is 0.0833. The Labute approximate surface area is 111 Å². The number of nitrogens with zero attached hydrogens (tertiary/aromatic N) is 2. The summed E-state index contributed by atoms with van der Waals surface area (Å²) in [6.07, 6.45) is -2.44. The Morgan fingerprint density at radius 1 is 1.05 bits per heavy atom. The van der Waals surface area contributed by atoms with Crippen molar-refractivity contribution >= 4 is 17.5 Å². The average Bonchev–Trinajstić information content (AvgIpc) is 2.39. The van der Waals surface area contributed by atoms with Crippen LogP contribution in [0.15, 0.2) is 36.7 Å². The minimum atomic E-state index is -4.42. The van der Waals surface area contributed by atoms with Gasteiger partial charge in [-0.1, -0.05) is 0 Å². The largest absolute Gasteiger partial charge is 0.417 e. The zero-order chi connectivity index (χ0) is 14.8. The van der Waals surface area contributed by atoms with Crippen molar-refractivity contribution in [1.29, 1.82) is 0 Å². The van der Waals surface area contributed by atoms with Crippen molar-refractivity contribution in [2.24, 2.45) is 5.73 Å². The number of hydrogen-bond acceptors (Lipinski definition) is 4. The van der Waals surface area contributed by atoms with Crippen LogP contribution in [0, 0.1) is 0 Å². The van der Waals surface area contributed by atoms with Crippen molar-refractivity contribution in [2.45, 2.75) is 6.18 Å². The van der Waals surface area contributed by atoms with E-state index >= 15 is 0 Å². The molecule has 2 rings (SSSR count). The maximum atomic E-state index is 12.4. The average molecular weight is 282 g/mol. The molecule has 0 fully saturated rings. The fourth-order valence-electron chi connectivity index (χ4n) is 1.38. The molecular formula is C12H9F3N4O. The SMILES string of the molecule is NC(=O)c1ccc(Nc2ccc(C(F)(F)F)cn2)nc1. The van der Waals surface area contributed by atoms with Gasteiger partial charge in [-0.3, -0.25) is 4.79 Å². The van der Waals surface area contributed by atoms with Crippen LogP contribution in [0.2, 0.25) is 0 Å². The Bertz CT molecular complexity index is 608. The number of pyridine rings is 2. The number of primary amides is 1. The summed E-state index contributed by atoms with van der Waals surface area (Å²) >= 11 is 0. The summed E-state index contributed by atoms with van der Waals surface area (Å²) < 4.78 is 37.1. The van der Waals surface area contributed by atoms with Crippen molar-refractivity contribution in [1.82, 2.24) is 9.97 Å². The van der Waals surface area contributed by atoms with Crippen LogP contribution in [0.1, 0.15) is 15.9 Å². The smallest absolute Gasteiger partial charge is 0.366 e. The molecule has 0 radical (unpaired) electrons. The molecule has 20 heavy (non-hydrogen) atoms. The van der Waals surface area contributed by atoms with E-state index in [-0.39, 0.29) is 11.4 Å². The van der Waals surface area contributed by atoms with Gasteiger partial charge in [-0.15, -0.1) is 0 Å². The molecule has 2 aromatic rings. The van der Waals surface area contributed by atoms with E-state index in [0.717, 1.165) is 12.3 Å². The van der Waals surface area contributed by atoms with E-state index in [1.807, 2.05) is 0 Å². The maximum absolute atomic E-state index is 12.4. The van der Waals surface area contributed by atoms with Crippen LogP contribution in [0.3, 0.4) is 0 Å². The molecule has 8 heteroatoms. The van der Waals surface area contributed by atoms with Crippen LogP contribution >= 0.6 is 0 Å². The summed E-state index contributed by atoms with van der Waals surface area (Å²) in [5.74, 6) is -0.0729. The molecule has 2 aromatic heterocycles. The van der Waals surface area contributed by atoms with Gasteiger partial charge in [0, 0.05) is 12.4 Å². The highest BCUT2D eigenvalue weighted by Gasteiger charge is 2.30. The van der Waals surface area contributed by atoms with Crippen LogP contribution in [-0.4, -0.2) is 15.9 Å². The highest BCUT2D eigenvalue weighted by atomic mass is 19.4. The molecule has 0 spiro atoms. The van der Waals surface area contributed by atoms with Crippen LogP contribution in [-0.2, 0) is 6.18 Å². The molecule has 0 saturated heterocycles. The van der Waals surface area contributed by atoms with Crippen molar-refractivity contribution < 1.29 is 18.0 Å². The van der Waals surface area contributed by atoms with Gasteiger partial charge in [-0.05, 0) is 24.3 Å². The van der Waals surface area contributed by atoms with Crippen molar-refractivity contribution in [2.75, 3.05) is 5.32 Å². The molecule has 3 N–H and O–H groups in total. The molecule has 0 saturated carbocycles. The second-order valence-electron chi connectivity index (χ2n) is 3.85. The van der Waals surface area contributed by atoms with E-state index in [1.54, 1.807) is 0 Å². The molecule has 2 heterocycles. The monoisotopic (exact) mass is 282 g/mol. The summed E-state index contributed by atoms with van der Waals surface area (Å²) in [6, 6.07) is 5.01. The molecule has 0 unspecified atom stereocenters. The minimum absolute atomic E-state index is 0.206. The van der Waals surface area contributed by atoms with Gasteiger partial charge in [0.15, 0.2) is 0 Å². The first-order chi connectivity index (χ1) is 9.36. The molecular weight excluding hydrogens is 273 g/mol. The number of amides is 1. The van der Waals surface area contributed by atoms with Gasteiger partial charge in [-0.25, -0.2) is 9.97 Å². The van der Waals surface area contributed by atoms with E-state index in [9.17, 15) is 18.0 Å². The molecule has 0 bridgehead atoms. The number of halogens is 3. The zero-order valence-electron chi connectivity index (χ0n) is 9.98.